The zero-order valence-corrected chi connectivity index (χ0v) is 9.97. The number of rotatable bonds is 3. The van der Waals surface area contributed by atoms with Crippen molar-refractivity contribution in [1.82, 2.24) is 20.2 Å². The van der Waals surface area contributed by atoms with Gasteiger partial charge in [-0.2, -0.15) is 0 Å². The zero-order valence-electron chi connectivity index (χ0n) is 9.21. The molecule has 2 aromatic rings. The van der Waals surface area contributed by atoms with E-state index >= 15 is 0 Å². The lowest BCUT2D eigenvalue weighted by Gasteiger charge is -2.10. The van der Waals surface area contributed by atoms with Crippen LogP contribution in [-0.2, 0) is 4.79 Å². The predicted octanol–water partition coefficient (Wildman–Crippen LogP) is 1.78. The lowest BCUT2D eigenvalue weighted by atomic mass is 10.2. The van der Waals surface area contributed by atoms with E-state index in [0.29, 0.717) is 0 Å². The standard InChI is InChI=1S/C10H8ClFN4O2/c1-5(10(17)18)16-9(13-14-15-16)8-6(11)3-2-4-7(8)12/h2-5H,1H3,(H,17,18). The smallest absolute Gasteiger partial charge is 0.328 e. The van der Waals surface area contributed by atoms with E-state index < -0.39 is 17.8 Å². The minimum absolute atomic E-state index is 0.0164. The van der Waals surface area contributed by atoms with Crippen LogP contribution in [-0.4, -0.2) is 31.3 Å². The molecule has 1 atom stereocenters. The molecule has 2 rings (SSSR count). The summed E-state index contributed by atoms with van der Waals surface area (Å²) < 4.78 is 14.7. The van der Waals surface area contributed by atoms with Gasteiger partial charge in [-0.25, -0.2) is 13.9 Å². The highest BCUT2D eigenvalue weighted by molar-refractivity contribution is 6.33. The second kappa shape index (κ2) is 4.69. The Kier molecular flexibility index (Phi) is 3.24. The second-order valence-electron chi connectivity index (χ2n) is 3.56. The minimum Gasteiger partial charge on any atom is -0.480 e. The Morgan fingerprint density at radius 1 is 1.56 bits per heavy atom. The second-order valence-corrected chi connectivity index (χ2v) is 3.97. The molecule has 1 unspecified atom stereocenters. The minimum atomic E-state index is -1.13. The Labute approximate surface area is 106 Å². The summed E-state index contributed by atoms with van der Waals surface area (Å²) in [5, 5.41) is 19.6. The first-order valence-electron chi connectivity index (χ1n) is 4.97. The molecular weight excluding hydrogens is 263 g/mol. The van der Waals surface area contributed by atoms with E-state index in [2.05, 4.69) is 15.5 Å². The predicted molar refractivity (Wildman–Crippen MR) is 60.6 cm³/mol. The molecule has 18 heavy (non-hydrogen) atoms. The highest BCUT2D eigenvalue weighted by Crippen LogP contribution is 2.29. The first-order chi connectivity index (χ1) is 8.52. The van der Waals surface area contributed by atoms with Gasteiger partial charge in [0.1, 0.15) is 5.82 Å². The number of aromatic nitrogens is 4. The van der Waals surface area contributed by atoms with Gasteiger partial charge in [-0.1, -0.05) is 17.7 Å². The molecule has 0 radical (unpaired) electrons. The van der Waals surface area contributed by atoms with Gasteiger partial charge in [0.25, 0.3) is 0 Å². The summed E-state index contributed by atoms with van der Waals surface area (Å²) in [6.07, 6.45) is 0. The summed E-state index contributed by atoms with van der Waals surface area (Å²) in [7, 11) is 0. The maximum atomic E-state index is 13.7. The number of benzene rings is 1. The Balaban J connectivity index is 2.59. The highest BCUT2D eigenvalue weighted by atomic mass is 35.5. The maximum absolute atomic E-state index is 13.7. The fraction of sp³-hybridized carbons (Fsp3) is 0.200. The number of halogens is 2. The molecule has 0 saturated carbocycles. The molecule has 1 aromatic heterocycles. The van der Waals surface area contributed by atoms with E-state index in [9.17, 15) is 9.18 Å². The van der Waals surface area contributed by atoms with Gasteiger partial charge in [0.05, 0.1) is 10.6 Å². The van der Waals surface area contributed by atoms with Crippen molar-refractivity contribution in [1.29, 1.82) is 0 Å². The van der Waals surface area contributed by atoms with Crippen LogP contribution in [0, 0.1) is 5.82 Å². The van der Waals surface area contributed by atoms with Crippen LogP contribution in [0.4, 0.5) is 4.39 Å². The Morgan fingerprint density at radius 3 is 2.89 bits per heavy atom. The summed E-state index contributed by atoms with van der Waals surface area (Å²) in [6, 6.07) is 3.09. The Morgan fingerprint density at radius 2 is 2.28 bits per heavy atom. The normalized spacial score (nSPS) is 12.4. The third-order valence-corrected chi connectivity index (χ3v) is 2.72. The van der Waals surface area contributed by atoms with Crippen LogP contribution in [0.15, 0.2) is 18.2 Å². The average molecular weight is 271 g/mol. The summed E-state index contributed by atoms with van der Waals surface area (Å²) in [4.78, 5) is 10.9. The lowest BCUT2D eigenvalue weighted by molar-refractivity contribution is -0.140. The fourth-order valence-corrected chi connectivity index (χ4v) is 1.68. The summed E-state index contributed by atoms with van der Waals surface area (Å²) in [6.45, 7) is 1.39. The van der Waals surface area contributed by atoms with Crippen LogP contribution in [0.5, 0.6) is 0 Å². The number of carbonyl (C=O) groups is 1. The number of tetrazole rings is 1. The van der Waals surface area contributed by atoms with Crippen molar-refractivity contribution in [3.05, 3.63) is 29.0 Å². The number of hydrogen-bond donors (Lipinski definition) is 1. The zero-order chi connectivity index (χ0) is 13.3. The number of aliphatic carboxylic acids is 1. The Hall–Kier alpha value is -2.02. The molecule has 0 aliphatic rings. The van der Waals surface area contributed by atoms with Gasteiger partial charge < -0.3 is 5.11 Å². The van der Waals surface area contributed by atoms with Crippen molar-refractivity contribution in [2.75, 3.05) is 0 Å². The topological polar surface area (TPSA) is 80.9 Å². The van der Waals surface area contributed by atoms with Crippen LogP contribution in [0.25, 0.3) is 11.4 Å². The van der Waals surface area contributed by atoms with E-state index in [-0.39, 0.29) is 16.4 Å². The molecule has 8 heteroatoms. The van der Waals surface area contributed by atoms with Crippen LogP contribution < -0.4 is 0 Å². The number of hydrogen-bond acceptors (Lipinski definition) is 4. The molecule has 6 nitrogen and oxygen atoms in total. The summed E-state index contributed by atoms with van der Waals surface area (Å²) >= 11 is 5.88. The van der Waals surface area contributed by atoms with E-state index in [4.69, 9.17) is 16.7 Å². The van der Waals surface area contributed by atoms with Gasteiger partial charge in [0.15, 0.2) is 11.9 Å². The number of carboxylic acid groups (broad SMARTS) is 1. The Bertz CT molecular complexity index is 581. The lowest BCUT2D eigenvalue weighted by Crippen LogP contribution is -2.18. The third kappa shape index (κ3) is 2.04. The third-order valence-electron chi connectivity index (χ3n) is 2.40. The van der Waals surface area contributed by atoms with Gasteiger partial charge in [0.2, 0.25) is 0 Å². The van der Waals surface area contributed by atoms with Crippen molar-refractivity contribution in [3.8, 4) is 11.4 Å². The quantitative estimate of drug-likeness (QED) is 0.919. The molecule has 0 spiro atoms. The average Bonchev–Trinajstić information content (AvgIpc) is 2.76. The van der Waals surface area contributed by atoms with E-state index in [0.717, 1.165) is 4.68 Å². The van der Waals surface area contributed by atoms with Crippen molar-refractivity contribution in [2.24, 2.45) is 0 Å². The van der Waals surface area contributed by atoms with Gasteiger partial charge in [-0.05, 0) is 29.5 Å². The van der Waals surface area contributed by atoms with Crippen molar-refractivity contribution in [3.63, 3.8) is 0 Å². The van der Waals surface area contributed by atoms with Crippen LogP contribution >= 0.6 is 11.6 Å². The first kappa shape index (κ1) is 12.4. The maximum Gasteiger partial charge on any atom is 0.328 e. The van der Waals surface area contributed by atoms with Crippen molar-refractivity contribution >= 4 is 17.6 Å². The van der Waals surface area contributed by atoms with E-state index in [1.54, 1.807) is 0 Å². The molecular formula is C10H8ClFN4O2. The molecule has 1 N–H and O–H groups in total. The number of nitrogens with zero attached hydrogens (tertiary/aromatic N) is 4. The van der Waals surface area contributed by atoms with Crippen molar-refractivity contribution in [2.45, 2.75) is 13.0 Å². The molecule has 1 heterocycles. The monoisotopic (exact) mass is 270 g/mol. The molecule has 0 bridgehead atoms. The molecule has 0 aliphatic carbocycles. The van der Waals surface area contributed by atoms with Crippen LogP contribution in [0.2, 0.25) is 5.02 Å². The van der Waals surface area contributed by atoms with E-state index in [1.165, 1.54) is 25.1 Å². The van der Waals surface area contributed by atoms with Crippen molar-refractivity contribution < 1.29 is 14.3 Å². The van der Waals surface area contributed by atoms with Gasteiger partial charge in [-0.3, -0.25) is 0 Å². The van der Waals surface area contributed by atoms with Crippen LogP contribution in [0.1, 0.15) is 13.0 Å². The molecule has 0 amide bonds. The molecule has 0 aliphatic heterocycles. The first-order valence-corrected chi connectivity index (χ1v) is 5.35. The van der Waals surface area contributed by atoms with Gasteiger partial charge in [-0.15, -0.1) is 5.10 Å². The molecule has 94 valence electrons. The highest BCUT2D eigenvalue weighted by Gasteiger charge is 2.23. The molecule has 1 aromatic carbocycles. The largest absolute Gasteiger partial charge is 0.480 e. The van der Waals surface area contributed by atoms with Crippen LogP contribution in [0.3, 0.4) is 0 Å². The summed E-state index contributed by atoms with van der Waals surface area (Å²) in [5.41, 5.74) is -0.0164. The van der Waals surface area contributed by atoms with E-state index in [1.807, 2.05) is 0 Å². The SMILES string of the molecule is CC(C(=O)O)n1nnnc1-c1c(F)cccc1Cl. The van der Waals surface area contributed by atoms with Gasteiger partial charge >= 0.3 is 5.97 Å². The summed E-state index contributed by atoms with van der Waals surface area (Å²) in [5.74, 6) is -1.76. The molecule has 0 fully saturated rings. The van der Waals surface area contributed by atoms with Gasteiger partial charge in [0, 0.05) is 0 Å². The number of carboxylic acids is 1. The fourth-order valence-electron chi connectivity index (χ4n) is 1.44. The molecule has 0 saturated heterocycles.